The molecule has 0 aromatic heterocycles. The fourth-order valence-electron chi connectivity index (χ4n) is 3.13. The molecule has 1 unspecified atom stereocenters. The molecular formula is C21H50BrNP+. The van der Waals surface area contributed by atoms with Gasteiger partial charge in [-0.25, -0.2) is 0 Å². The van der Waals surface area contributed by atoms with Gasteiger partial charge in [0.1, 0.15) is 0 Å². The molecule has 3 heteroatoms. The van der Waals surface area contributed by atoms with Crippen molar-refractivity contribution in [1.82, 2.24) is 0 Å². The molecule has 0 radical (unpaired) electrons. The van der Waals surface area contributed by atoms with E-state index in [2.05, 4.69) is 28.1 Å². The lowest BCUT2D eigenvalue weighted by Crippen LogP contribution is -2.35. The summed E-state index contributed by atoms with van der Waals surface area (Å²) in [6.45, 7) is 3.63. The number of hydrogen-bond acceptors (Lipinski definition) is 0. The maximum absolute atomic E-state index is 2.30. The molecule has 0 amide bonds. The third kappa shape index (κ3) is 27.7. The van der Waals surface area contributed by atoms with E-state index in [-0.39, 0.29) is 26.9 Å². The Morgan fingerprint density at radius 3 is 0.958 bits per heavy atom. The monoisotopic (exact) mass is 426 g/mol. The summed E-state index contributed by atoms with van der Waals surface area (Å²) in [6, 6.07) is 0. The second-order valence-corrected chi connectivity index (χ2v) is 8.32. The number of rotatable bonds is 17. The van der Waals surface area contributed by atoms with Crippen molar-refractivity contribution in [2.75, 3.05) is 27.7 Å². The van der Waals surface area contributed by atoms with Gasteiger partial charge in [-0.15, -0.1) is 17.0 Å². The minimum Gasteiger partial charge on any atom is -0.331 e. The van der Waals surface area contributed by atoms with E-state index < -0.39 is 0 Å². The van der Waals surface area contributed by atoms with Crippen LogP contribution in [0.4, 0.5) is 0 Å². The standard InChI is InChI=1S/C21H46N.BrH.H3P/c1-5-6-7-8-9-10-11-12-13-14-15-16-17-18-19-20-21-22(2,3)4;;/h5-21H2,1-4H3;1H;1H3/q+1;;. The molecular weight excluding hydrogens is 377 g/mol. The molecule has 0 fully saturated rings. The molecule has 150 valence electrons. The van der Waals surface area contributed by atoms with Gasteiger partial charge in [0, 0.05) is 0 Å². The molecule has 0 saturated carbocycles. The maximum Gasteiger partial charge on any atom is 0.0780 e. The molecule has 0 N–H and O–H groups in total. The number of halogens is 1. The summed E-state index contributed by atoms with van der Waals surface area (Å²) in [5.41, 5.74) is 0. The summed E-state index contributed by atoms with van der Waals surface area (Å²) >= 11 is 0. The predicted molar refractivity (Wildman–Crippen MR) is 124 cm³/mol. The highest BCUT2D eigenvalue weighted by molar-refractivity contribution is 8.93. The van der Waals surface area contributed by atoms with Crippen LogP contribution in [0.5, 0.6) is 0 Å². The summed E-state index contributed by atoms with van der Waals surface area (Å²) < 4.78 is 1.12. The summed E-state index contributed by atoms with van der Waals surface area (Å²) in [5.74, 6) is 0. The molecule has 1 atom stereocenters. The van der Waals surface area contributed by atoms with Crippen LogP contribution in [0, 0.1) is 0 Å². The number of unbranched alkanes of at least 4 members (excludes halogenated alkanes) is 15. The third-order valence-corrected chi connectivity index (χ3v) is 4.68. The molecule has 0 heterocycles. The Morgan fingerprint density at radius 2 is 0.708 bits per heavy atom. The quantitative estimate of drug-likeness (QED) is 0.127. The van der Waals surface area contributed by atoms with E-state index in [1.807, 2.05) is 0 Å². The van der Waals surface area contributed by atoms with Gasteiger partial charge in [0.25, 0.3) is 0 Å². The largest absolute Gasteiger partial charge is 0.331 e. The highest BCUT2D eigenvalue weighted by atomic mass is 79.9. The number of quaternary nitrogens is 1. The molecule has 0 aliphatic heterocycles. The molecule has 0 aliphatic carbocycles. The van der Waals surface area contributed by atoms with Crippen molar-refractivity contribution in [3.8, 4) is 0 Å². The Labute approximate surface area is 168 Å². The molecule has 0 aliphatic rings. The fraction of sp³-hybridized carbons (Fsp3) is 1.00. The number of hydrogen-bond donors (Lipinski definition) is 0. The average Bonchev–Trinajstić information content (AvgIpc) is 2.45. The molecule has 0 bridgehead atoms. The Hall–Kier alpha value is 0.870. The van der Waals surface area contributed by atoms with Gasteiger partial charge < -0.3 is 4.48 Å². The van der Waals surface area contributed by atoms with Crippen molar-refractivity contribution in [3.63, 3.8) is 0 Å². The first-order valence-corrected chi connectivity index (χ1v) is 10.4. The predicted octanol–water partition coefficient (Wildman–Crippen LogP) is 7.59. The minimum absolute atomic E-state index is 0. The lowest BCUT2D eigenvalue weighted by atomic mass is 10.0. The van der Waals surface area contributed by atoms with Crippen molar-refractivity contribution in [2.45, 2.75) is 110 Å². The van der Waals surface area contributed by atoms with Gasteiger partial charge in [-0.2, -0.15) is 9.90 Å². The Kier molecular flexibility index (Phi) is 27.0. The van der Waals surface area contributed by atoms with Crippen LogP contribution < -0.4 is 0 Å². The van der Waals surface area contributed by atoms with Crippen molar-refractivity contribution >= 4 is 26.9 Å². The zero-order chi connectivity index (χ0) is 16.5. The van der Waals surface area contributed by atoms with Crippen molar-refractivity contribution in [3.05, 3.63) is 0 Å². The smallest absolute Gasteiger partial charge is 0.0780 e. The van der Waals surface area contributed by atoms with Crippen LogP contribution in [0.25, 0.3) is 0 Å². The van der Waals surface area contributed by atoms with E-state index in [1.54, 1.807) is 0 Å². The second kappa shape index (κ2) is 21.9. The van der Waals surface area contributed by atoms with Gasteiger partial charge in [-0.05, 0) is 12.8 Å². The zero-order valence-electron chi connectivity index (χ0n) is 17.6. The van der Waals surface area contributed by atoms with Crippen molar-refractivity contribution in [2.24, 2.45) is 0 Å². The lowest BCUT2D eigenvalue weighted by Gasteiger charge is -2.23. The summed E-state index contributed by atoms with van der Waals surface area (Å²) in [5, 5.41) is 0. The average molecular weight is 428 g/mol. The first-order valence-electron chi connectivity index (χ1n) is 10.4. The fourth-order valence-corrected chi connectivity index (χ4v) is 3.13. The Morgan fingerprint density at radius 1 is 0.458 bits per heavy atom. The van der Waals surface area contributed by atoms with Crippen LogP contribution in [0.2, 0.25) is 0 Å². The van der Waals surface area contributed by atoms with E-state index in [0.29, 0.717) is 0 Å². The summed E-state index contributed by atoms with van der Waals surface area (Å²) in [7, 11) is 6.89. The molecule has 1 nitrogen and oxygen atoms in total. The van der Waals surface area contributed by atoms with Gasteiger partial charge in [0.2, 0.25) is 0 Å². The van der Waals surface area contributed by atoms with Gasteiger partial charge in [0.15, 0.2) is 0 Å². The van der Waals surface area contributed by atoms with E-state index in [0.717, 1.165) is 4.48 Å². The van der Waals surface area contributed by atoms with Crippen molar-refractivity contribution < 1.29 is 4.48 Å². The normalized spacial score (nSPS) is 11.0. The summed E-state index contributed by atoms with van der Waals surface area (Å²) in [4.78, 5) is 0. The van der Waals surface area contributed by atoms with Crippen molar-refractivity contribution in [1.29, 1.82) is 0 Å². The van der Waals surface area contributed by atoms with Gasteiger partial charge in [-0.3, -0.25) is 0 Å². The highest BCUT2D eigenvalue weighted by Gasteiger charge is 2.04. The minimum atomic E-state index is 0. The van der Waals surface area contributed by atoms with Crippen LogP contribution in [0.15, 0.2) is 0 Å². The van der Waals surface area contributed by atoms with Crippen LogP contribution in [0.3, 0.4) is 0 Å². The Bertz CT molecular complexity index is 216. The lowest BCUT2D eigenvalue weighted by molar-refractivity contribution is -0.870. The molecule has 0 aromatic carbocycles. The van der Waals surface area contributed by atoms with E-state index in [4.69, 9.17) is 0 Å². The summed E-state index contributed by atoms with van der Waals surface area (Å²) in [6.07, 6.45) is 23.4. The first-order chi connectivity index (χ1) is 10.6. The molecule has 0 saturated heterocycles. The Balaban J connectivity index is -0.00000220. The van der Waals surface area contributed by atoms with Crippen LogP contribution in [0.1, 0.15) is 110 Å². The maximum atomic E-state index is 2.30. The van der Waals surface area contributed by atoms with Gasteiger partial charge in [-0.1, -0.05) is 96.8 Å². The highest BCUT2D eigenvalue weighted by Crippen LogP contribution is 2.13. The van der Waals surface area contributed by atoms with E-state index in [9.17, 15) is 0 Å². The second-order valence-electron chi connectivity index (χ2n) is 8.32. The van der Waals surface area contributed by atoms with Gasteiger partial charge >= 0.3 is 0 Å². The van der Waals surface area contributed by atoms with Crippen LogP contribution in [-0.4, -0.2) is 32.2 Å². The molecule has 0 aromatic rings. The number of nitrogens with zero attached hydrogens (tertiary/aromatic N) is 1. The first kappa shape index (κ1) is 29.6. The molecule has 24 heavy (non-hydrogen) atoms. The van der Waals surface area contributed by atoms with E-state index in [1.165, 1.54) is 109 Å². The molecule has 0 rings (SSSR count). The SMILES string of the molecule is Br.CCCCCCCCCCCCCCCCCC[N+](C)(C)C.P. The van der Waals surface area contributed by atoms with E-state index >= 15 is 0 Å². The third-order valence-electron chi connectivity index (χ3n) is 4.68. The zero-order valence-corrected chi connectivity index (χ0v) is 20.7. The van der Waals surface area contributed by atoms with Gasteiger partial charge in [0.05, 0.1) is 27.7 Å². The van der Waals surface area contributed by atoms with Crippen LogP contribution >= 0.6 is 26.9 Å². The molecule has 0 spiro atoms. The van der Waals surface area contributed by atoms with Crippen LogP contribution in [-0.2, 0) is 0 Å². The topological polar surface area (TPSA) is 0 Å².